The van der Waals surface area contributed by atoms with E-state index in [1.54, 1.807) is 11.9 Å². The first-order valence-electron chi connectivity index (χ1n) is 6.76. The minimum Gasteiger partial charge on any atom is -0.368 e. The molecule has 8 heteroatoms. The van der Waals surface area contributed by atoms with Gasteiger partial charge in [0.15, 0.2) is 0 Å². The van der Waals surface area contributed by atoms with E-state index in [4.69, 9.17) is 11.6 Å². The molecule has 1 fully saturated rings. The monoisotopic (exact) mass is 316 g/mol. The maximum absolute atomic E-state index is 13.6. The highest BCUT2D eigenvalue weighted by atomic mass is 35.5. The minimum absolute atomic E-state index is 0.177. The molecule has 1 N–H and O–H groups in total. The van der Waals surface area contributed by atoms with E-state index in [1.165, 1.54) is 0 Å². The molecule has 1 aliphatic rings. The molecule has 0 spiro atoms. The zero-order valence-electron chi connectivity index (χ0n) is 11.8. The van der Waals surface area contributed by atoms with Crippen LogP contribution in [0.2, 0.25) is 5.02 Å². The number of rotatable bonds is 5. The largest absolute Gasteiger partial charge is 0.368 e. The van der Waals surface area contributed by atoms with Crippen molar-refractivity contribution >= 4 is 23.0 Å². The summed E-state index contributed by atoms with van der Waals surface area (Å²) in [5, 5.41) is 14.1. The van der Waals surface area contributed by atoms with Gasteiger partial charge < -0.3 is 10.2 Å². The van der Waals surface area contributed by atoms with Crippen LogP contribution in [0.15, 0.2) is 12.1 Å². The van der Waals surface area contributed by atoms with Gasteiger partial charge in [0.2, 0.25) is 0 Å². The van der Waals surface area contributed by atoms with Crippen LogP contribution in [0.5, 0.6) is 0 Å². The van der Waals surface area contributed by atoms with Crippen molar-refractivity contribution in [3.05, 3.63) is 33.1 Å². The molecular weight excluding hydrogens is 299 g/mol. The van der Waals surface area contributed by atoms with E-state index in [0.717, 1.165) is 44.9 Å². The van der Waals surface area contributed by atoms with Crippen molar-refractivity contribution in [1.29, 1.82) is 0 Å². The summed E-state index contributed by atoms with van der Waals surface area (Å²) in [6.45, 7) is 5.15. The molecule has 1 aromatic carbocycles. The molecule has 0 aromatic heterocycles. The number of likely N-dealkylation sites (N-methyl/N-ethyl adjacent to an activating group) is 1. The summed E-state index contributed by atoms with van der Waals surface area (Å²) >= 11 is 5.62. The Kier molecular flexibility index (Phi) is 5.33. The zero-order chi connectivity index (χ0) is 15.4. The molecule has 2 rings (SSSR count). The van der Waals surface area contributed by atoms with Crippen LogP contribution < -0.4 is 10.2 Å². The molecule has 21 heavy (non-hydrogen) atoms. The van der Waals surface area contributed by atoms with Gasteiger partial charge in [0.05, 0.1) is 9.95 Å². The number of piperazine rings is 1. The summed E-state index contributed by atoms with van der Waals surface area (Å²) in [4.78, 5) is 14.5. The van der Waals surface area contributed by atoms with Gasteiger partial charge in [-0.1, -0.05) is 11.6 Å². The molecule has 1 heterocycles. The standard InChI is InChI=1S/C13H18ClFN4O2/c1-17(6-7-18-4-2-16-3-5-18)12-9-11(15)10(14)8-13(12)19(20)21/h8-9,16H,2-7H2,1H3. The summed E-state index contributed by atoms with van der Waals surface area (Å²) < 4.78 is 13.6. The molecule has 0 bridgehead atoms. The molecule has 0 aliphatic carbocycles. The number of nitro benzene ring substituents is 1. The van der Waals surface area contributed by atoms with Gasteiger partial charge in [-0.2, -0.15) is 0 Å². The molecule has 0 unspecified atom stereocenters. The van der Waals surface area contributed by atoms with Crippen molar-refractivity contribution in [2.24, 2.45) is 0 Å². The number of halogens is 2. The van der Waals surface area contributed by atoms with Gasteiger partial charge in [0.1, 0.15) is 11.5 Å². The average molecular weight is 317 g/mol. The summed E-state index contributed by atoms with van der Waals surface area (Å²) in [6.07, 6.45) is 0. The lowest BCUT2D eigenvalue weighted by Crippen LogP contribution is -2.46. The maximum Gasteiger partial charge on any atom is 0.294 e. The zero-order valence-corrected chi connectivity index (χ0v) is 12.6. The second-order valence-corrected chi connectivity index (χ2v) is 5.43. The summed E-state index contributed by atoms with van der Waals surface area (Å²) in [5.74, 6) is -0.647. The molecular formula is C13H18ClFN4O2. The van der Waals surface area contributed by atoms with Crippen molar-refractivity contribution in [3.63, 3.8) is 0 Å². The second kappa shape index (κ2) is 7.02. The van der Waals surface area contributed by atoms with Gasteiger partial charge in [0, 0.05) is 58.4 Å². The third-order valence-corrected chi connectivity index (χ3v) is 3.88. The van der Waals surface area contributed by atoms with Crippen LogP contribution in [0, 0.1) is 15.9 Å². The Labute approximate surface area is 127 Å². The van der Waals surface area contributed by atoms with E-state index < -0.39 is 10.7 Å². The molecule has 1 aromatic rings. The highest BCUT2D eigenvalue weighted by molar-refractivity contribution is 6.31. The Hall–Kier alpha value is -1.44. The van der Waals surface area contributed by atoms with Crippen LogP contribution in [0.4, 0.5) is 15.8 Å². The number of hydrogen-bond donors (Lipinski definition) is 1. The number of anilines is 1. The van der Waals surface area contributed by atoms with Gasteiger partial charge in [-0.3, -0.25) is 15.0 Å². The molecule has 116 valence electrons. The van der Waals surface area contributed by atoms with E-state index in [2.05, 4.69) is 10.2 Å². The van der Waals surface area contributed by atoms with Crippen LogP contribution in [0.3, 0.4) is 0 Å². The number of nitrogens with one attached hydrogen (secondary N) is 1. The molecule has 1 saturated heterocycles. The molecule has 6 nitrogen and oxygen atoms in total. The lowest BCUT2D eigenvalue weighted by Gasteiger charge is -2.29. The number of nitrogens with zero attached hydrogens (tertiary/aromatic N) is 3. The van der Waals surface area contributed by atoms with Crippen LogP contribution in [0.25, 0.3) is 0 Å². The Morgan fingerprint density at radius 2 is 2.14 bits per heavy atom. The summed E-state index contributed by atoms with van der Waals surface area (Å²) in [5.41, 5.74) is 0.0706. The quantitative estimate of drug-likeness (QED) is 0.662. The first-order chi connectivity index (χ1) is 9.99. The van der Waals surface area contributed by atoms with Crippen molar-refractivity contribution < 1.29 is 9.31 Å². The smallest absolute Gasteiger partial charge is 0.294 e. The molecule has 0 saturated carbocycles. The fourth-order valence-corrected chi connectivity index (χ4v) is 2.48. The Morgan fingerprint density at radius 3 is 2.76 bits per heavy atom. The van der Waals surface area contributed by atoms with Crippen molar-refractivity contribution in [3.8, 4) is 0 Å². The Morgan fingerprint density at radius 1 is 1.48 bits per heavy atom. The molecule has 0 atom stereocenters. The molecule has 1 aliphatic heterocycles. The van der Waals surface area contributed by atoms with E-state index >= 15 is 0 Å². The first-order valence-corrected chi connectivity index (χ1v) is 7.14. The first kappa shape index (κ1) is 15.9. The number of nitro groups is 1. The van der Waals surface area contributed by atoms with Crippen LogP contribution >= 0.6 is 11.6 Å². The predicted octanol–water partition coefficient (Wildman–Crippen LogP) is 1.73. The fraction of sp³-hybridized carbons (Fsp3) is 0.538. The summed E-state index contributed by atoms with van der Waals surface area (Å²) in [7, 11) is 1.72. The number of hydrogen-bond acceptors (Lipinski definition) is 5. The molecule has 0 amide bonds. The highest BCUT2D eigenvalue weighted by Gasteiger charge is 2.21. The number of benzene rings is 1. The van der Waals surface area contributed by atoms with E-state index in [-0.39, 0.29) is 16.4 Å². The Bertz CT molecular complexity index is 523. The van der Waals surface area contributed by atoms with Crippen molar-refractivity contribution in [2.45, 2.75) is 0 Å². The Balaban J connectivity index is 2.08. The van der Waals surface area contributed by atoms with Crippen LogP contribution in [0.1, 0.15) is 0 Å². The van der Waals surface area contributed by atoms with Gasteiger partial charge >= 0.3 is 0 Å². The lowest BCUT2D eigenvalue weighted by atomic mass is 10.2. The third-order valence-electron chi connectivity index (χ3n) is 3.59. The van der Waals surface area contributed by atoms with Crippen LogP contribution in [-0.4, -0.2) is 56.1 Å². The van der Waals surface area contributed by atoms with E-state index in [9.17, 15) is 14.5 Å². The molecule has 0 radical (unpaired) electrons. The van der Waals surface area contributed by atoms with Gasteiger partial charge in [-0.05, 0) is 0 Å². The van der Waals surface area contributed by atoms with Gasteiger partial charge in [-0.25, -0.2) is 4.39 Å². The average Bonchev–Trinajstić information content (AvgIpc) is 2.48. The predicted molar refractivity (Wildman–Crippen MR) is 80.6 cm³/mol. The summed E-state index contributed by atoms with van der Waals surface area (Å²) in [6, 6.07) is 2.19. The fourth-order valence-electron chi connectivity index (χ4n) is 2.32. The van der Waals surface area contributed by atoms with E-state index in [1.807, 2.05) is 0 Å². The topological polar surface area (TPSA) is 61.6 Å². The minimum atomic E-state index is -0.647. The van der Waals surface area contributed by atoms with Gasteiger partial charge in [-0.15, -0.1) is 0 Å². The van der Waals surface area contributed by atoms with E-state index in [0.29, 0.717) is 6.54 Å². The van der Waals surface area contributed by atoms with Crippen molar-refractivity contribution in [2.75, 3.05) is 51.2 Å². The third kappa shape index (κ3) is 4.03. The van der Waals surface area contributed by atoms with Gasteiger partial charge in [0.25, 0.3) is 5.69 Å². The van der Waals surface area contributed by atoms with Crippen LogP contribution in [-0.2, 0) is 0 Å². The second-order valence-electron chi connectivity index (χ2n) is 5.03. The normalized spacial score (nSPS) is 16.0. The maximum atomic E-state index is 13.6. The highest BCUT2D eigenvalue weighted by Crippen LogP contribution is 2.32. The SMILES string of the molecule is CN(CCN1CCNCC1)c1cc(F)c(Cl)cc1[N+](=O)[O-]. The lowest BCUT2D eigenvalue weighted by molar-refractivity contribution is -0.384. The van der Waals surface area contributed by atoms with Crippen molar-refractivity contribution in [1.82, 2.24) is 10.2 Å².